The van der Waals surface area contributed by atoms with Crippen molar-refractivity contribution in [1.29, 1.82) is 0 Å². The summed E-state index contributed by atoms with van der Waals surface area (Å²) in [5.41, 5.74) is 18.4. The van der Waals surface area contributed by atoms with Gasteiger partial charge in [0, 0.05) is 75.4 Å². The Morgan fingerprint density at radius 1 is 0.947 bits per heavy atom. The van der Waals surface area contributed by atoms with E-state index in [1.54, 1.807) is 32.4 Å². The summed E-state index contributed by atoms with van der Waals surface area (Å²) in [6.07, 6.45) is 21.4. The van der Waals surface area contributed by atoms with Crippen LogP contribution in [0.1, 0.15) is 193 Å². The number of likely N-dealkylation sites (tertiary alicyclic amines) is 1. The van der Waals surface area contributed by atoms with E-state index in [0.29, 0.717) is 36.7 Å². The van der Waals surface area contributed by atoms with Crippen molar-refractivity contribution in [3.8, 4) is 0 Å². The monoisotopic (exact) mass is 1050 g/mol. The first-order valence-corrected chi connectivity index (χ1v) is 28.7. The number of pyridine rings is 1. The minimum Gasteiger partial charge on any atom is -0.384 e. The average Bonchev–Trinajstić information content (AvgIpc) is 3.61. The lowest BCUT2D eigenvalue weighted by molar-refractivity contribution is -0.131. The maximum absolute atomic E-state index is 11.5. The number of amides is 1. The molecular formula is C65H107N7O4. The summed E-state index contributed by atoms with van der Waals surface area (Å²) >= 11 is 0. The third kappa shape index (κ3) is 28.2. The van der Waals surface area contributed by atoms with Gasteiger partial charge in [0.1, 0.15) is 12.1 Å². The molecule has 11 heteroatoms. The number of allylic oxidation sites excluding steroid dienone is 4. The summed E-state index contributed by atoms with van der Waals surface area (Å²) in [5, 5.41) is 0. The summed E-state index contributed by atoms with van der Waals surface area (Å²) in [6, 6.07) is 19.6. The molecule has 3 N–H and O–H groups in total. The van der Waals surface area contributed by atoms with E-state index in [2.05, 4.69) is 156 Å². The minimum absolute atomic E-state index is 0.000602. The van der Waals surface area contributed by atoms with Crippen molar-refractivity contribution in [1.82, 2.24) is 20.3 Å². The lowest BCUT2D eigenvalue weighted by Gasteiger charge is -2.37. The van der Waals surface area contributed by atoms with Crippen LogP contribution in [0.25, 0.3) is 5.57 Å². The van der Waals surface area contributed by atoms with Crippen LogP contribution in [0, 0.1) is 18.8 Å². The maximum Gasteiger partial charge on any atom is 0.243 e. The summed E-state index contributed by atoms with van der Waals surface area (Å²) in [5.74, 6) is 2.59. The Labute approximate surface area is 464 Å². The smallest absolute Gasteiger partial charge is 0.243 e. The Hall–Kier alpha value is -5.23. The predicted molar refractivity (Wildman–Crippen MR) is 329 cm³/mol. The number of carbonyl (C=O) groups excluding carboxylic acids is 3. The standard InChI is InChI=1S/C29H36N4O.C15H33N.C11H17N.C6H11NO2.C2H4O.C2H6/c1-20(18-21(2)28(12-15-31-5)27-10-11-29(30)32-19-27)22(3)33-16-13-26(14-17-33)25-8-6-24(7-9-25)23(4)34;1-6-10-15(11-7-2)13-16(12-8-3)14(5)9-4;1-5-10-7-6-9(2)11(8-10)12(3)4;1-5-2-3-6(8)7-9-4-5;1-2-3;1-2/h6-12,15,18-19,22,26H,2,13-14,16-17H2,1,3-5H3,(H2,30,32);14-15H,6-13H2,1-5H3;6-8H,5H2,1-4H3;5H,2-4H2,1H3,(H,7,8);2H,1H3;1-2H3/b20-18+,28-12+,31-15?;;;;;. The minimum atomic E-state index is -0.000602. The summed E-state index contributed by atoms with van der Waals surface area (Å²) in [4.78, 5) is 51.5. The highest BCUT2D eigenvalue weighted by Gasteiger charge is 2.25. The van der Waals surface area contributed by atoms with Gasteiger partial charge < -0.3 is 20.3 Å². The highest BCUT2D eigenvalue weighted by molar-refractivity contribution is 5.94. The van der Waals surface area contributed by atoms with Crippen molar-refractivity contribution in [2.24, 2.45) is 16.8 Å². The number of nitrogen functional groups attached to an aromatic ring is 1. The second-order valence-electron chi connectivity index (χ2n) is 20.3. The van der Waals surface area contributed by atoms with Gasteiger partial charge in [0.2, 0.25) is 5.91 Å². The average molecular weight is 1050 g/mol. The number of hydrogen-bond acceptors (Lipinski definition) is 10. The number of benzene rings is 2. The van der Waals surface area contributed by atoms with E-state index in [4.69, 9.17) is 15.4 Å². The third-order valence-electron chi connectivity index (χ3n) is 14.0. The molecule has 2 saturated heterocycles. The molecule has 2 aliphatic rings. The molecule has 426 valence electrons. The zero-order valence-corrected chi connectivity index (χ0v) is 50.9. The fourth-order valence-corrected chi connectivity index (χ4v) is 9.12. The van der Waals surface area contributed by atoms with E-state index >= 15 is 0 Å². The van der Waals surface area contributed by atoms with Crippen LogP contribution in [0.5, 0.6) is 0 Å². The number of aliphatic imine (C=N–C) groups is 1. The van der Waals surface area contributed by atoms with Gasteiger partial charge in [-0.3, -0.25) is 24.3 Å². The first kappa shape index (κ1) is 70.8. The van der Waals surface area contributed by atoms with Crippen LogP contribution in [-0.4, -0.2) is 105 Å². The maximum atomic E-state index is 11.5. The van der Waals surface area contributed by atoms with Crippen molar-refractivity contribution in [3.63, 3.8) is 0 Å². The molecule has 3 atom stereocenters. The second kappa shape index (κ2) is 41.9. The van der Waals surface area contributed by atoms with Crippen LogP contribution < -0.4 is 16.1 Å². The number of hydrogen-bond donors (Lipinski definition) is 2. The highest BCUT2D eigenvalue weighted by atomic mass is 16.7. The number of ketones is 1. The molecular weight excluding hydrogens is 943 g/mol. The van der Waals surface area contributed by atoms with Gasteiger partial charge in [0.05, 0.1) is 6.61 Å². The van der Waals surface area contributed by atoms with Crippen LogP contribution in [0.4, 0.5) is 11.5 Å². The van der Waals surface area contributed by atoms with Crippen molar-refractivity contribution < 1.29 is 19.2 Å². The topological polar surface area (TPSA) is 133 Å². The van der Waals surface area contributed by atoms with Gasteiger partial charge in [-0.1, -0.05) is 123 Å². The van der Waals surface area contributed by atoms with Gasteiger partial charge in [-0.15, -0.1) is 0 Å². The Balaban J connectivity index is 0.00000110. The van der Waals surface area contributed by atoms with Gasteiger partial charge in [0.15, 0.2) is 5.78 Å². The first-order valence-electron chi connectivity index (χ1n) is 28.7. The molecule has 3 heterocycles. The molecule has 3 unspecified atom stereocenters. The van der Waals surface area contributed by atoms with Crippen LogP contribution in [0.2, 0.25) is 0 Å². The number of rotatable bonds is 20. The van der Waals surface area contributed by atoms with E-state index in [-0.39, 0.29) is 11.7 Å². The molecule has 5 rings (SSSR count). The van der Waals surface area contributed by atoms with E-state index in [1.165, 1.54) is 86.5 Å². The number of Topliss-reactive ketones (excluding diaryl/α,β-unsaturated/α-hetero) is 1. The Morgan fingerprint density at radius 2 is 1.55 bits per heavy atom. The number of hydroxylamine groups is 1. The number of carbonyl (C=O) groups is 3. The van der Waals surface area contributed by atoms with E-state index in [0.717, 1.165) is 79.3 Å². The molecule has 0 radical (unpaired) electrons. The first-order chi connectivity index (χ1) is 36.3. The second-order valence-corrected chi connectivity index (χ2v) is 20.3. The van der Waals surface area contributed by atoms with Crippen molar-refractivity contribution >= 4 is 41.3 Å². The molecule has 0 aliphatic carbocycles. The molecule has 0 spiro atoms. The number of nitrogens with two attached hydrogens (primary N) is 1. The third-order valence-corrected chi connectivity index (χ3v) is 14.0. The Bertz CT molecular complexity index is 2130. The Morgan fingerprint density at radius 3 is 2.05 bits per heavy atom. The number of piperidine rings is 1. The largest absolute Gasteiger partial charge is 0.384 e. The van der Waals surface area contributed by atoms with E-state index < -0.39 is 0 Å². The number of aldehydes is 1. The molecule has 2 aliphatic heterocycles. The van der Waals surface area contributed by atoms with Crippen LogP contribution in [0.15, 0.2) is 95.7 Å². The van der Waals surface area contributed by atoms with Gasteiger partial charge in [-0.2, -0.15) is 0 Å². The molecule has 76 heavy (non-hydrogen) atoms. The summed E-state index contributed by atoms with van der Waals surface area (Å²) in [6.45, 7) is 39.2. The number of aryl methyl sites for hydroxylation is 2. The van der Waals surface area contributed by atoms with Crippen LogP contribution in [0.3, 0.4) is 0 Å². The van der Waals surface area contributed by atoms with Crippen LogP contribution >= 0.6 is 0 Å². The zero-order chi connectivity index (χ0) is 57.6. The number of nitrogens with zero attached hydrogens (tertiary/aromatic N) is 5. The van der Waals surface area contributed by atoms with Crippen molar-refractivity contribution in [3.05, 3.63) is 118 Å². The van der Waals surface area contributed by atoms with Gasteiger partial charge in [-0.25, -0.2) is 10.5 Å². The quantitative estimate of drug-likeness (QED) is 0.0491. The molecule has 2 aromatic carbocycles. The summed E-state index contributed by atoms with van der Waals surface area (Å²) in [7, 11) is 5.92. The lowest BCUT2D eigenvalue weighted by atomic mass is 9.87. The van der Waals surface area contributed by atoms with E-state index in [9.17, 15) is 9.59 Å². The fraction of sp³-hybridized carbons (Fsp3) is 0.585. The lowest BCUT2D eigenvalue weighted by Crippen LogP contribution is -2.40. The summed E-state index contributed by atoms with van der Waals surface area (Å²) < 4.78 is 0. The van der Waals surface area contributed by atoms with E-state index in [1.807, 2.05) is 38.1 Å². The number of nitrogens with one attached hydrogen (secondary N) is 1. The van der Waals surface area contributed by atoms with Crippen molar-refractivity contribution in [2.45, 2.75) is 186 Å². The van der Waals surface area contributed by atoms with Gasteiger partial charge >= 0.3 is 0 Å². The number of aromatic nitrogens is 1. The molecule has 0 bridgehead atoms. The highest BCUT2D eigenvalue weighted by Crippen LogP contribution is 2.31. The molecule has 1 amide bonds. The SMILES string of the molecule is C=C(/C=C(\C)C(C)N1CCC(c2ccc(C(C)=O)cc2)CC1)/C(=C\C=NC)c1ccc(N)nc1.CC.CC1CCC(=O)NOC1.CC=O.CCCC(CCC)CN(CCC)C(C)CC.CCc1ccc(C)c(N(C)C)c1. The van der Waals surface area contributed by atoms with Gasteiger partial charge in [-0.05, 0) is 182 Å². The predicted octanol–water partition coefficient (Wildman–Crippen LogP) is 14.8. The molecule has 2 fully saturated rings. The molecule has 0 saturated carbocycles. The number of anilines is 2. The molecule has 3 aromatic rings. The van der Waals surface area contributed by atoms with Crippen molar-refractivity contribution in [2.75, 3.05) is 64.6 Å². The fourth-order valence-electron chi connectivity index (χ4n) is 9.12. The zero-order valence-electron chi connectivity index (χ0n) is 50.9. The van der Waals surface area contributed by atoms with Crippen LogP contribution in [-0.2, 0) is 20.8 Å². The normalized spacial score (nSPS) is 15.8. The molecule has 1 aromatic heterocycles. The molecule has 11 nitrogen and oxygen atoms in total. The Kier molecular flexibility index (Phi) is 39.0. The van der Waals surface area contributed by atoms with Gasteiger partial charge in [0.25, 0.3) is 0 Å².